The minimum absolute atomic E-state index is 0.0508. The number of rotatable bonds is 10. The fourth-order valence-electron chi connectivity index (χ4n) is 2.59. The molecule has 0 heterocycles. The molecule has 0 saturated heterocycles. The van der Waals surface area contributed by atoms with E-state index in [0.29, 0.717) is 16.1 Å². The summed E-state index contributed by atoms with van der Waals surface area (Å²) in [5, 5.41) is 3.22. The number of carbonyl (C=O) groups excluding carboxylic acids is 2. The average Bonchev–Trinajstić information content (AvgIpc) is 2.68. The Morgan fingerprint density at radius 2 is 1.70 bits per heavy atom. The molecule has 0 aliphatic heterocycles. The zero-order valence-electron chi connectivity index (χ0n) is 20.2. The van der Waals surface area contributed by atoms with E-state index in [1.807, 2.05) is 26.8 Å². The number of carbonyl (C=O) groups is 2. The first-order valence-corrected chi connectivity index (χ1v) is 13.3. The summed E-state index contributed by atoms with van der Waals surface area (Å²) in [5.41, 5.74) is -0.444. The molecule has 2 N–H and O–H groups in total. The molecule has 1 atom stereocenters. The van der Waals surface area contributed by atoms with Gasteiger partial charge in [-0.3, -0.25) is 0 Å². The molecule has 0 spiro atoms. The van der Waals surface area contributed by atoms with Crippen molar-refractivity contribution in [3.63, 3.8) is 0 Å². The minimum Gasteiger partial charge on any atom is -0.444 e. The lowest BCUT2D eigenvalue weighted by Crippen LogP contribution is -2.54. The predicted octanol–water partition coefficient (Wildman–Crippen LogP) is 4.18. The standard InChI is InChI=1S/C22H36BrN3O6S/c1-21(2,3)18(25-19(27)32-22(4,5)6)15-24-33(29,30)26(14-10-13-23)20(28)31-16-17-11-8-7-9-12-17/h7-9,11-12,18,24H,10,13-16H2,1-6H3,(H,25,27)/t18-/m1/s1. The number of alkyl carbamates (subject to hydrolysis) is 1. The third-order valence-corrected chi connectivity index (χ3v) is 6.40. The lowest BCUT2D eigenvalue weighted by Gasteiger charge is -2.33. The molecule has 2 amide bonds. The van der Waals surface area contributed by atoms with Gasteiger partial charge in [-0.2, -0.15) is 17.4 Å². The van der Waals surface area contributed by atoms with Crippen molar-refractivity contribution in [3.8, 4) is 0 Å². The second kappa shape index (κ2) is 12.6. The molecule has 0 radical (unpaired) electrons. The second-order valence-corrected chi connectivity index (χ2v) is 12.0. The number of hydrogen-bond donors (Lipinski definition) is 2. The van der Waals surface area contributed by atoms with Crippen LogP contribution in [0.4, 0.5) is 9.59 Å². The molecule has 33 heavy (non-hydrogen) atoms. The molecule has 1 aromatic carbocycles. The molecule has 1 rings (SSSR count). The zero-order chi connectivity index (χ0) is 25.3. The third-order valence-electron chi connectivity index (χ3n) is 4.40. The Morgan fingerprint density at radius 3 is 2.21 bits per heavy atom. The maximum atomic E-state index is 13.0. The van der Waals surface area contributed by atoms with Crippen LogP contribution in [0.2, 0.25) is 0 Å². The van der Waals surface area contributed by atoms with Crippen LogP contribution in [0.25, 0.3) is 0 Å². The highest BCUT2D eigenvalue weighted by molar-refractivity contribution is 9.09. The van der Waals surface area contributed by atoms with Crippen molar-refractivity contribution in [2.75, 3.05) is 18.4 Å². The van der Waals surface area contributed by atoms with Gasteiger partial charge in [-0.15, -0.1) is 0 Å². The molecule has 9 nitrogen and oxygen atoms in total. The van der Waals surface area contributed by atoms with E-state index in [-0.39, 0.29) is 19.7 Å². The van der Waals surface area contributed by atoms with Gasteiger partial charge in [-0.05, 0) is 38.2 Å². The Labute approximate surface area is 205 Å². The van der Waals surface area contributed by atoms with Crippen LogP contribution in [0.3, 0.4) is 0 Å². The van der Waals surface area contributed by atoms with E-state index in [1.165, 1.54) is 0 Å². The fraction of sp³-hybridized carbons (Fsp3) is 0.636. The van der Waals surface area contributed by atoms with Gasteiger partial charge in [-0.1, -0.05) is 67.0 Å². The molecule has 0 unspecified atom stereocenters. The average molecular weight is 551 g/mol. The molecule has 1 aromatic rings. The molecule has 0 aliphatic rings. The number of nitrogens with one attached hydrogen (secondary N) is 2. The van der Waals surface area contributed by atoms with E-state index < -0.39 is 39.5 Å². The topological polar surface area (TPSA) is 114 Å². The summed E-state index contributed by atoms with van der Waals surface area (Å²) in [6.45, 7) is 10.6. The van der Waals surface area contributed by atoms with Crippen LogP contribution < -0.4 is 10.0 Å². The van der Waals surface area contributed by atoms with E-state index in [9.17, 15) is 18.0 Å². The monoisotopic (exact) mass is 549 g/mol. The molecule has 0 aliphatic carbocycles. The highest BCUT2D eigenvalue weighted by atomic mass is 79.9. The number of ether oxygens (including phenoxy) is 2. The first-order chi connectivity index (χ1) is 15.2. The summed E-state index contributed by atoms with van der Waals surface area (Å²) >= 11 is 3.25. The largest absolute Gasteiger partial charge is 0.444 e. The summed E-state index contributed by atoms with van der Waals surface area (Å²) in [7, 11) is -4.23. The Morgan fingerprint density at radius 1 is 1.09 bits per heavy atom. The van der Waals surface area contributed by atoms with Crippen molar-refractivity contribution < 1.29 is 27.5 Å². The molecular weight excluding hydrogens is 514 g/mol. The molecule has 0 aromatic heterocycles. The molecular formula is C22H36BrN3O6S. The van der Waals surface area contributed by atoms with E-state index in [2.05, 4.69) is 26.0 Å². The van der Waals surface area contributed by atoms with E-state index in [1.54, 1.807) is 45.0 Å². The number of benzene rings is 1. The Bertz CT molecular complexity index is 866. The Balaban J connectivity index is 2.90. The summed E-state index contributed by atoms with van der Waals surface area (Å²) < 4.78 is 39.6. The van der Waals surface area contributed by atoms with Crippen LogP contribution in [-0.2, 0) is 26.3 Å². The van der Waals surface area contributed by atoms with Gasteiger partial charge < -0.3 is 14.8 Å². The highest BCUT2D eigenvalue weighted by Crippen LogP contribution is 2.20. The van der Waals surface area contributed by atoms with Crippen molar-refractivity contribution in [3.05, 3.63) is 35.9 Å². The Kier molecular flexibility index (Phi) is 11.1. The number of halogens is 1. The van der Waals surface area contributed by atoms with Crippen LogP contribution in [0, 0.1) is 5.41 Å². The Hall–Kier alpha value is -1.85. The van der Waals surface area contributed by atoms with Gasteiger partial charge in [0.2, 0.25) is 0 Å². The van der Waals surface area contributed by atoms with Gasteiger partial charge >= 0.3 is 22.4 Å². The summed E-state index contributed by atoms with van der Waals surface area (Å²) in [5.74, 6) is 0. The van der Waals surface area contributed by atoms with Gasteiger partial charge in [0, 0.05) is 18.4 Å². The molecule has 11 heteroatoms. The number of alkyl halides is 1. The van der Waals surface area contributed by atoms with Gasteiger partial charge in [0.1, 0.15) is 12.2 Å². The summed E-state index contributed by atoms with van der Waals surface area (Å²) in [6.07, 6.45) is -1.22. The maximum Gasteiger partial charge on any atom is 0.424 e. The van der Waals surface area contributed by atoms with Crippen molar-refractivity contribution in [2.45, 2.75) is 66.2 Å². The van der Waals surface area contributed by atoms with Crippen LogP contribution in [-0.4, -0.2) is 55.0 Å². The van der Waals surface area contributed by atoms with Crippen LogP contribution in [0.15, 0.2) is 30.3 Å². The van der Waals surface area contributed by atoms with Gasteiger partial charge in [0.25, 0.3) is 0 Å². The normalized spacial score (nSPS) is 13.2. The van der Waals surface area contributed by atoms with Gasteiger partial charge in [0.15, 0.2) is 0 Å². The first kappa shape index (κ1) is 29.2. The second-order valence-electron chi connectivity index (χ2n) is 9.57. The zero-order valence-corrected chi connectivity index (χ0v) is 22.6. The van der Waals surface area contributed by atoms with Gasteiger partial charge in [0.05, 0.1) is 6.04 Å². The molecule has 0 bridgehead atoms. The van der Waals surface area contributed by atoms with E-state index in [0.717, 1.165) is 5.56 Å². The first-order valence-electron chi connectivity index (χ1n) is 10.7. The number of nitrogens with zero attached hydrogens (tertiary/aromatic N) is 1. The van der Waals surface area contributed by atoms with E-state index in [4.69, 9.17) is 9.47 Å². The molecule has 0 saturated carbocycles. The molecule has 188 valence electrons. The van der Waals surface area contributed by atoms with Gasteiger partial charge in [-0.25, -0.2) is 9.59 Å². The lowest BCUT2D eigenvalue weighted by molar-refractivity contribution is 0.0465. The number of amides is 2. The smallest absolute Gasteiger partial charge is 0.424 e. The van der Waals surface area contributed by atoms with Crippen molar-refractivity contribution >= 4 is 38.3 Å². The SMILES string of the molecule is CC(C)(C)OC(=O)N[C@H](CNS(=O)(=O)N(CCCBr)C(=O)OCc1ccccc1)C(C)(C)C. The maximum absolute atomic E-state index is 13.0. The van der Waals surface area contributed by atoms with Crippen LogP contribution in [0.1, 0.15) is 53.5 Å². The summed E-state index contributed by atoms with van der Waals surface area (Å²) in [6, 6.07) is 8.39. The third kappa shape index (κ3) is 11.2. The van der Waals surface area contributed by atoms with Crippen LogP contribution in [0.5, 0.6) is 0 Å². The van der Waals surface area contributed by atoms with Crippen molar-refractivity contribution in [1.82, 2.24) is 14.3 Å². The lowest BCUT2D eigenvalue weighted by atomic mass is 9.87. The minimum atomic E-state index is -4.23. The van der Waals surface area contributed by atoms with Crippen molar-refractivity contribution in [1.29, 1.82) is 0 Å². The highest BCUT2D eigenvalue weighted by Gasteiger charge is 2.33. The predicted molar refractivity (Wildman–Crippen MR) is 131 cm³/mol. The quantitative estimate of drug-likeness (QED) is 0.423. The van der Waals surface area contributed by atoms with Crippen LogP contribution >= 0.6 is 15.9 Å². The van der Waals surface area contributed by atoms with E-state index >= 15 is 0 Å². The molecule has 0 fully saturated rings. The fourth-order valence-corrected chi connectivity index (χ4v) is 4.00. The van der Waals surface area contributed by atoms with Crippen molar-refractivity contribution in [2.24, 2.45) is 5.41 Å². The number of hydrogen-bond acceptors (Lipinski definition) is 6. The summed E-state index contributed by atoms with van der Waals surface area (Å²) in [4.78, 5) is 24.9.